The molecule has 0 radical (unpaired) electrons. The van der Waals surface area contributed by atoms with Crippen LogP contribution >= 0.6 is 23.6 Å². The fourth-order valence-corrected chi connectivity index (χ4v) is 4.56. The van der Waals surface area contributed by atoms with Gasteiger partial charge in [-0.25, -0.2) is 9.98 Å². The Hall–Kier alpha value is -3.29. The highest BCUT2D eigenvalue weighted by Crippen LogP contribution is 2.28. The van der Waals surface area contributed by atoms with Gasteiger partial charge in [0.2, 0.25) is 5.88 Å². The molecule has 1 aliphatic rings. The van der Waals surface area contributed by atoms with Crippen molar-refractivity contribution < 1.29 is 9.52 Å². The van der Waals surface area contributed by atoms with Crippen molar-refractivity contribution in [3.8, 4) is 17.2 Å². The summed E-state index contributed by atoms with van der Waals surface area (Å²) in [6.07, 6.45) is 1.87. The zero-order valence-electron chi connectivity index (χ0n) is 17.8. The highest BCUT2D eigenvalue weighted by Gasteiger charge is 2.16. The topological polar surface area (TPSA) is 73.9 Å². The smallest absolute Gasteiger partial charge is 0.207 e. The molecule has 0 saturated carbocycles. The summed E-state index contributed by atoms with van der Waals surface area (Å²) in [6.45, 7) is 6.60. The van der Waals surface area contributed by atoms with Crippen molar-refractivity contribution in [2.45, 2.75) is 26.2 Å². The third-order valence-corrected chi connectivity index (χ3v) is 6.44. The second-order valence-corrected chi connectivity index (χ2v) is 10.4. The second kappa shape index (κ2) is 7.69. The predicted molar refractivity (Wildman–Crippen MR) is 131 cm³/mol. The summed E-state index contributed by atoms with van der Waals surface area (Å²) in [5.74, 6) is 2.04. The first-order valence-electron chi connectivity index (χ1n) is 10.2. The van der Waals surface area contributed by atoms with Crippen LogP contribution in [0.15, 0.2) is 69.0 Å². The van der Waals surface area contributed by atoms with E-state index in [4.69, 9.17) is 16.6 Å². The zero-order valence-corrected chi connectivity index (χ0v) is 19.5. The van der Waals surface area contributed by atoms with E-state index in [1.54, 1.807) is 0 Å². The highest BCUT2D eigenvalue weighted by molar-refractivity contribution is 7.73. The number of nitrogens with one attached hydrogen (secondary N) is 1. The Kier molecular flexibility index (Phi) is 4.95. The lowest BCUT2D eigenvalue weighted by Crippen LogP contribution is -2.10. The number of furan rings is 1. The molecule has 0 aliphatic carbocycles. The van der Waals surface area contributed by atoms with Gasteiger partial charge in [0.25, 0.3) is 0 Å². The Balaban J connectivity index is 1.43. The van der Waals surface area contributed by atoms with E-state index < -0.39 is 0 Å². The molecule has 3 heterocycles. The lowest BCUT2D eigenvalue weighted by molar-refractivity contribution is 0.456. The zero-order chi connectivity index (χ0) is 22.5. The van der Waals surface area contributed by atoms with Crippen molar-refractivity contribution in [2.75, 3.05) is 0 Å². The van der Waals surface area contributed by atoms with E-state index in [2.05, 4.69) is 60.0 Å². The Bertz CT molecular complexity index is 1530. The van der Waals surface area contributed by atoms with Gasteiger partial charge in [0.05, 0.1) is 15.9 Å². The molecule has 0 spiro atoms. The van der Waals surface area contributed by atoms with E-state index >= 15 is 0 Å². The minimum absolute atomic E-state index is 0.0769. The molecule has 2 aromatic heterocycles. The number of thiazole rings is 1. The molecule has 5 nitrogen and oxygen atoms in total. The van der Waals surface area contributed by atoms with Crippen LogP contribution in [0.3, 0.4) is 0 Å². The molecule has 0 bridgehead atoms. The van der Waals surface area contributed by atoms with Crippen molar-refractivity contribution in [1.82, 2.24) is 4.98 Å². The quantitative estimate of drug-likeness (QED) is 0.391. The van der Waals surface area contributed by atoms with E-state index in [1.807, 2.05) is 36.4 Å². The summed E-state index contributed by atoms with van der Waals surface area (Å²) in [5.41, 5.74) is 3.18. The van der Waals surface area contributed by atoms with Crippen molar-refractivity contribution >= 4 is 41.2 Å². The van der Waals surface area contributed by atoms with Crippen LogP contribution in [0.4, 0.5) is 5.69 Å². The predicted octanol–water partition coefficient (Wildman–Crippen LogP) is 5.61. The van der Waals surface area contributed by atoms with Gasteiger partial charge in [0, 0.05) is 5.56 Å². The number of aromatic hydroxyl groups is 1. The Morgan fingerprint density at radius 1 is 1.00 bits per heavy atom. The molecule has 1 aliphatic heterocycles. The molecular formula is C25H21N3O2S2. The summed E-state index contributed by atoms with van der Waals surface area (Å²) in [4.78, 5) is 12.7. The first-order valence-corrected chi connectivity index (χ1v) is 11.4. The first-order chi connectivity index (χ1) is 15.3. The summed E-state index contributed by atoms with van der Waals surface area (Å²) < 4.78 is 6.61. The second-order valence-electron chi connectivity index (χ2n) is 8.66. The van der Waals surface area contributed by atoms with Gasteiger partial charge in [-0.1, -0.05) is 51.1 Å². The van der Waals surface area contributed by atoms with Gasteiger partial charge >= 0.3 is 0 Å². The molecule has 5 rings (SSSR count). The number of hydrogen-bond acceptors (Lipinski definition) is 6. The molecule has 4 aromatic rings. The van der Waals surface area contributed by atoms with Gasteiger partial charge < -0.3 is 14.5 Å². The molecule has 160 valence electrons. The number of aromatic nitrogens is 1. The van der Waals surface area contributed by atoms with Crippen LogP contribution < -0.4 is 10.6 Å². The number of fused-ring (bicyclic) bond motifs is 1. The minimum Gasteiger partial charge on any atom is -0.494 e. The number of nitrogens with zero attached hydrogens (tertiary/aromatic N) is 2. The molecular weight excluding hydrogens is 438 g/mol. The van der Waals surface area contributed by atoms with Crippen LogP contribution in [0.2, 0.25) is 0 Å². The number of hydrogen-bond donors (Lipinski definition) is 2. The van der Waals surface area contributed by atoms with Gasteiger partial charge in [-0.15, -0.1) is 11.3 Å². The molecule has 7 heteroatoms. The maximum atomic E-state index is 9.93. The fourth-order valence-electron chi connectivity index (χ4n) is 3.51. The number of amidine groups is 1. The van der Waals surface area contributed by atoms with Gasteiger partial charge in [-0.3, -0.25) is 0 Å². The summed E-state index contributed by atoms with van der Waals surface area (Å²) in [5, 5.41) is 11.6. The lowest BCUT2D eigenvalue weighted by Gasteiger charge is -2.18. The largest absolute Gasteiger partial charge is 0.494 e. The number of benzene rings is 2. The first kappa shape index (κ1) is 20.6. The Morgan fingerprint density at radius 3 is 2.44 bits per heavy atom. The minimum atomic E-state index is 0.0769. The SMILES string of the molecule is CC(C)(C)c1ccc(-c2ccc(C3=Nc4c/c(=C/c5sc(=S)[nH]c5O)ccc4=N3)o2)cc1. The van der Waals surface area contributed by atoms with Gasteiger partial charge in [0.1, 0.15) is 5.76 Å². The summed E-state index contributed by atoms with van der Waals surface area (Å²) >= 11 is 6.40. The maximum Gasteiger partial charge on any atom is 0.207 e. The van der Waals surface area contributed by atoms with E-state index in [0.717, 1.165) is 27.6 Å². The molecule has 0 atom stereocenters. The highest BCUT2D eigenvalue weighted by atomic mass is 32.1. The van der Waals surface area contributed by atoms with Gasteiger partial charge in [0.15, 0.2) is 15.6 Å². The fraction of sp³-hybridized carbons (Fsp3) is 0.160. The van der Waals surface area contributed by atoms with Crippen LogP contribution in [0, 0.1) is 3.95 Å². The van der Waals surface area contributed by atoms with Crippen LogP contribution in [0.5, 0.6) is 5.88 Å². The van der Waals surface area contributed by atoms with Crippen LogP contribution in [0.1, 0.15) is 37.0 Å². The van der Waals surface area contributed by atoms with Gasteiger partial charge in [-0.2, -0.15) is 0 Å². The van der Waals surface area contributed by atoms with Crippen molar-refractivity contribution in [3.05, 3.63) is 85.3 Å². The normalized spacial score (nSPS) is 13.7. The van der Waals surface area contributed by atoms with Crippen molar-refractivity contribution in [3.63, 3.8) is 0 Å². The number of aliphatic imine (C=N–C) groups is 1. The molecule has 2 aromatic carbocycles. The maximum absolute atomic E-state index is 9.93. The van der Waals surface area contributed by atoms with Crippen molar-refractivity contribution in [1.29, 1.82) is 0 Å². The lowest BCUT2D eigenvalue weighted by atomic mass is 9.86. The van der Waals surface area contributed by atoms with Crippen molar-refractivity contribution in [2.24, 2.45) is 9.98 Å². The molecule has 0 fully saturated rings. The molecule has 0 amide bonds. The molecule has 0 saturated heterocycles. The standard InChI is InChI=1S/C25H21N3O2S2/c1-25(2,3)16-7-5-15(6-8-16)19-10-11-20(30-19)22-26-17-9-4-14(12-18(17)27-22)13-21-23(29)28-24(31)32-21/h4-13,29H,1-3H3,(H,28,31)/b14-13+. The van der Waals surface area contributed by atoms with E-state index in [1.165, 1.54) is 16.9 Å². The number of aromatic amines is 1. The Morgan fingerprint density at radius 2 is 1.75 bits per heavy atom. The average molecular weight is 460 g/mol. The average Bonchev–Trinajstić information content (AvgIpc) is 3.46. The summed E-state index contributed by atoms with van der Waals surface area (Å²) in [7, 11) is 0. The van der Waals surface area contributed by atoms with Crippen LogP contribution in [-0.2, 0) is 5.41 Å². The van der Waals surface area contributed by atoms with E-state index in [0.29, 0.717) is 20.4 Å². The Labute approximate surface area is 194 Å². The monoisotopic (exact) mass is 459 g/mol. The molecule has 32 heavy (non-hydrogen) atoms. The van der Waals surface area contributed by atoms with E-state index in [9.17, 15) is 5.11 Å². The van der Waals surface area contributed by atoms with E-state index in [-0.39, 0.29) is 11.3 Å². The van der Waals surface area contributed by atoms with Crippen LogP contribution in [-0.4, -0.2) is 15.9 Å². The molecule has 2 N–H and O–H groups in total. The van der Waals surface area contributed by atoms with Gasteiger partial charge in [-0.05, 0) is 58.8 Å². The molecule has 0 unspecified atom stereocenters. The van der Waals surface area contributed by atoms with Crippen LogP contribution in [0.25, 0.3) is 17.4 Å². The number of H-pyrrole nitrogens is 1. The summed E-state index contributed by atoms with van der Waals surface area (Å²) in [6, 6.07) is 18.1. The number of rotatable bonds is 3. The third-order valence-electron chi connectivity index (χ3n) is 5.27. The third kappa shape index (κ3) is 3.97.